The summed E-state index contributed by atoms with van der Waals surface area (Å²) in [6, 6.07) is 1.16. The van der Waals surface area contributed by atoms with Gasteiger partial charge in [-0.05, 0) is 30.2 Å². The minimum Gasteiger partial charge on any atom is -0.453 e. The van der Waals surface area contributed by atoms with E-state index in [1.54, 1.807) is 0 Å². The van der Waals surface area contributed by atoms with Crippen molar-refractivity contribution >= 4 is 11.9 Å². The molecule has 0 spiro atoms. The molecule has 1 aromatic rings. The van der Waals surface area contributed by atoms with Crippen LogP contribution in [0.15, 0.2) is 43.5 Å². The van der Waals surface area contributed by atoms with Crippen LogP contribution in [0.4, 0.5) is 105 Å². The fourth-order valence-corrected chi connectivity index (χ4v) is 3.90. The van der Waals surface area contributed by atoms with Gasteiger partial charge in [0.2, 0.25) is 0 Å². The molecule has 14 nitrogen and oxygen atoms in total. The molecule has 0 radical (unpaired) electrons. The molecule has 1 rings (SSSR count). The molecule has 0 saturated heterocycles. The lowest BCUT2D eigenvalue weighted by Crippen LogP contribution is -2.58. The van der Waals surface area contributed by atoms with Crippen LogP contribution in [-0.4, -0.2) is 125 Å². The normalized spacial score (nSPS) is 14.4. The Bertz CT molecular complexity index is 1810. The van der Waals surface area contributed by atoms with Crippen LogP contribution >= 0.6 is 0 Å². The largest absolute Gasteiger partial charge is 0.453 e. The van der Waals surface area contributed by atoms with E-state index in [0.29, 0.717) is 12.1 Å². The van der Waals surface area contributed by atoms with Crippen LogP contribution in [0.2, 0.25) is 0 Å². The van der Waals surface area contributed by atoms with Crippen molar-refractivity contribution in [3.63, 3.8) is 0 Å². The van der Waals surface area contributed by atoms with Crippen molar-refractivity contribution in [2.45, 2.75) is 93.1 Å². The Labute approximate surface area is 377 Å². The number of aryl methyl sites for hydroxylation is 1. The molecular weight excluding hydrogens is 1080 g/mol. The molecule has 0 aromatic heterocycles. The summed E-state index contributed by atoms with van der Waals surface area (Å²) in [7, 11) is 0. The van der Waals surface area contributed by atoms with Crippen molar-refractivity contribution in [2.24, 2.45) is 0 Å². The first kappa shape index (κ1) is 64.6. The van der Waals surface area contributed by atoms with Gasteiger partial charge in [-0.1, -0.05) is 25.5 Å². The SMILES string of the molecule is C=CCOOCC(F)(F)OC(F)(F)C(F)(F)OC(F)(F)C(F)(F)OC(F)(F)COC(=O)c1cc(CCC)cc(C(=O)OCC(F)(F)OC(F)(F)C(F)(F)OC(F)(F)C(F)(F)OC(F)(F)COOCC=C)c1. The van der Waals surface area contributed by atoms with E-state index in [9.17, 15) is 115 Å². The van der Waals surface area contributed by atoms with Crippen molar-refractivity contribution in [3.8, 4) is 0 Å². The van der Waals surface area contributed by atoms with Crippen LogP contribution in [0.3, 0.4) is 0 Å². The van der Waals surface area contributed by atoms with Crippen molar-refractivity contribution < 1.29 is 172 Å². The number of alkyl halides is 24. The zero-order chi connectivity index (χ0) is 55.6. The van der Waals surface area contributed by atoms with Gasteiger partial charge in [0.1, 0.15) is 13.2 Å². The average Bonchev–Trinajstić information content (AvgIpc) is 3.16. The van der Waals surface area contributed by atoms with Gasteiger partial charge in [-0.3, -0.25) is 0 Å². The predicted octanol–water partition coefficient (Wildman–Crippen LogP) is 10.4. The summed E-state index contributed by atoms with van der Waals surface area (Å²) in [5.41, 5.74) is -2.91. The maximum atomic E-state index is 14.2. The lowest BCUT2D eigenvalue weighted by molar-refractivity contribution is -0.559. The first-order valence-electron chi connectivity index (χ1n) is 17.7. The standard InChI is InChI=1S/C33H28F24O14/c1-4-7-17-10-18(20(58)60-13-22(34,35)66-26(42,43)30(50,51)70-32(54,55)28(46,47)68-24(38,39)15-64-62-8-5-2)12-19(11-17)21(59)61-14-23(36,37)67-27(44,45)31(52,53)71-33(56,57)29(48,49)69-25(40,41)16-65-63-9-6-3/h5-6,10-12H,2-4,7-9,13-16H2,1H3. The summed E-state index contributed by atoms with van der Waals surface area (Å²) in [6.45, 7) is -5.24. The number of rotatable bonds is 34. The monoisotopic (exact) mass is 1100 g/mol. The minimum atomic E-state index is -7.37. The fraction of sp³-hybridized carbons (Fsp3) is 0.636. The number of ether oxygens (including phenoxy) is 8. The number of halogens is 24. The molecule has 0 bridgehead atoms. The number of carbonyl (C=O) groups excluding carboxylic acids is 2. The van der Waals surface area contributed by atoms with Gasteiger partial charge in [0, 0.05) is 0 Å². The van der Waals surface area contributed by atoms with E-state index in [1.807, 2.05) is 9.47 Å². The molecule has 0 unspecified atom stereocenters. The van der Waals surface area contributed by atoms with Crippen LogP contribution < -0.4 is 0 Å². The Morgan fingerprint density at radius 3 is 0.915 bits per heavy atom. The van der Waals surface area contributed by atoms with Crippen LogP contribution in [-0.2, 0) is 63.9 Å². The molecule has 0 atom stereocenters. The minimum absolute atomic E-state index is 0.0282. The molecule has 0 aliphatic heterocycles. The third-order valence-corrected chi connectivity index (χ3v) is 6.72. The molecule has 71 heavy (non-hydrogen) atoms. The highest BCUT2D eigenvalue weighted by Crippen LogP contribution is 2.50. The van der Waals surface area contributed by atoms with Gasteiger partial charge in [-0.25, -0.2) is 57.6 Å². The zero-order valence-corrected chi connectivity index (χ0v) is 34.2. The third kappa shape index (κ3) is 19.5. The molecule has 1 aromatic carbocycles. The smallest absolute Gasteiger partial charge is 0.453 e. The van der Waals surface area contributed by atoms with Gasteiger partial charge in [0.15, 0.2) is 26.4 Å². The van der Waals surface area contributed by atoms with Gasteiger partial charge in [-0.2, -0.15) is 105 Å². The van der Waals surface area contributed by atoms with E-state index in [1.165, 1.54) is 6.92 Å². The third-order valence-electron chi connectivity index (χ3n) is 6.72. The predicted molar refractivity (Wildman–Crippen MR) is 171 cm³/mol. The summed E-state index contributed by atoms with van der Waals surface area (Å²) in [4.78, 5) is 39.8. The molecule has 0 aliphatic rings. The second-order valence-corrected chi connectivity index (χ2v) is 12.8. The van der Waals surface area contributed by atoms with Gasteiger partial charge >= 0.3 is 85.2 Å². The van der Waals surface area contributed by atoms with E-state index < -0.39 is 136 Å². The first-order chi connectivity index (χ1) is 31.8. The van der Waals surface area contributed by atoms with Gasteiger partial charge in [0.05, 0.1) is 11.1 Å². The average molecular weight is 1100 g/mol. The molecule has 0 aliphatic carbocycles. The molecule has 0 saturated carbocycles. The summed E-state index contributed by atoms with van der Waals surface area (Å²) >= 11 is 0. The quantitative estimate of drug-likeness (QED) is 0.0161. The van der Waals surface area contributed by atoms with Crippen LogP contribution in [0.1, 0.15) is 39.6 Å². The van der Waals surface area contributed by atoms with Crippen molar-refractivity contribution in [3.05, 3.63) is 60.2 Å². The number of esters is 2. The Morgan fingerprint density at radius 1 is 0.408 bits per heavy atom. The van der Waals surface area contributed by atoms with Gasteiger partial charge in [0.25, 0.3) is 0 Å². The number of hydrogen-bond donors (Lipinski definition) is 0. The zero-order valence-electron chi connectivity index (χ0n) is 34.2. The van der Waals surface area contributed by atoms with E-state index in [4.69, 9.17) is 0 Å². The fourth-order valence-electron chi connectivity index (χ4n) is 3.90. The topological polar surface area (TPSA) is 145 Å². The van der Waals surface area contributed by atoms with E-state index in [0.717, 1.165) is 12.2 Å². The number of carbonyl (C=O) groups is 2. The van der Waals surface area contributed by atoms with Crippen molar-refractivity contribution in [1.82, 2.24) is 0 Å². The molecule has 0 N–H and O–H groups in total. The summed E-state index contributed by atoms with van der Waals surface area (Å²) in [5.74, 6) is -4.57. The summed E-state index contributed by atoms with van der Waals surface area (Å²) in [6.07, 6.45) is -79.8. The molecule has 0 fully saturated rings. The lowest BCUT2D eigenvalue weighted by atomic mass is 10.0. The summed E-state index contributed by atoms with van der Waals surface area (Å²) in [5, 5.41) is 0. The molecule has 0 heterocycles. The van der Waals surface area contributed by atoms with Gasteiger partial charge < -0.3 is 9.47 Å². The second kappa shape index (κ2) is 23.6. The number of hydrogen-bond acceptors (Lipinski definition) is 14. The molecule has 38 heteroatoms. The number of benzene rings is 1. The van der Waals surface area contributed by atoms with E-state index >= 15 is 0 Å². The van der Waals surface area contributed by atoms with Crippen LogP contribution in [0.25, 0.3) is 0 Å². The Kier molecular flexibility index (Phi) is 21.5. The second-order valence-electron chi connectivity index (χ2n) is 12.8. The highest BCUT2D eigenvalue weighted by atomic mass is 19.4. The maximum Gasteiger partial charge on any atom is 0.453 e. The van der Waals surface area contributed by atoms with Crippen LogP contribution in [0, 0.1) is 0 Å². The van der Waals surface area contributed by atoms with E-state index in [2.05, 4.69) is 61.1 Å². The highest BCUT2D eigenvalue weighted by Gasteiger charge is 2.75. The van der Waals surface area contributed by atoms with Gasteiger partial charge in [-0.15, -0.1) is 13.2 Å². The van der Waals surface area contributed by atoms with E-state index in [-0.39, 0.29) is 24.5 Å². The molecular formula is C33H28F24O14. The lowest BCUT2D eigenvalue weighted by Gasteiger charge is -2.34. The molecule has 0 amide bonds. The van der Waals surface area contributed by atoms with Crippen molar-refractivity contribution in [2.75, 3.05) is 39.6 Å². The van der Waals surface area contributed by atoms with Crippen molar-refractivity contribution in [1.29, 1.82) is 0 Å². The summed E-state index contributed by atoms with van der Waals surface area (Å²) < 4.78 is 353. The first-order valence-corrected chi connectivity index (χ1v) is 17.7. The highest BCUT2D eigenvalue weighted by molar-refractivity contribution is 5.95. The Balaban J connectivity index is 3.15. The maximum absolute atomic E-state index is 14.2. The Morgan fingerprint density at radius 2 is 0.662 bits per heavy atom. The Hall–Kier alpha value is -4.44. The molecule has 412 valence electrons. The van der Waals surface area contributed by atoms with Crippen LogP contribution in [0.5, 0.6) is 0 Å².